The zero-order chi connectivity index (χ0) is 26.3. The van der Waals surface area contributed by atoms with Gasteiger partial charge in [-0.3, -0.25) is 14.8 Å². The Bertz CT molecular complexity index is 1380. The summed E-state index contributed by atoms with van der Waals surface area (Å²) in [6.07, 6.45) is 18.1. The summed E-state index contributed by atoms with van der Waals surface area (Å²) in [5, 5.41) is 7.20. The van der Waals surface area contributed by atoms with Crippen LogP contribution in [0.5, 0.6) is 0 Å². The normalized spacial score (nSPS) is 18.1. The van der Waals surface area contributed by atoms with Crippen LogP contribution >= 0.6 is 11.3 Å². The Morgan fingerprint density at radius 3 is 2.84 bits per heavy atom. The Hall–Kier alpha value is -3.62. The molecule has 1 fully saturated rings. The second-order valence-electron chi connectivity index (χ2n) is 9.54. The number of aromatic nitrogens is 2. The van der Waals surface area contributed by atoms with Crippen molar-refractivity contribution in [3.8, 4) is 11.4 Å². The van der Waals surface area contributed by atoms with Gasteiger partial charge in [0.05, 0.1) is 5.69 Å². The van der Waals surface area contributed by atoms with Gasteiger partial charge in [-0.2, -0.15) is 0 Å². The van der Waals surface area contributed by atoms with E-state index in [1.54, 1.807) is 11.3 Å². The van der Waals surface area contributed by atoms with Gasteiger partial charge in [0.25, 0.3) is 5.91 Å². The number of nitrogens with one attached hydrogen (secondary N) is 2. The van der Waals surface area contributed by atoms with Crippen molar-refractivity contribution in [3.63, 3.8) is 0 Å². The fraction of sp³-hybridized carbons (Fsp3) is 0.333. The highest BCUT2D eigenvalue weighted by atomic mass is 32.1. The minimum Gasteiger partial charge on any atom is -0.381 e. The van der Waals surface area contributed by atoms with Crippen LogP contribution in [-0.2, 0) is 16.0 Å². The largest absolute Gasteiger partial charge is 0.381 e. The van der Waals surface area contributed by atoms with Gasteiger partial charge < -0.3 is 15.4 Å². The first-order valence-corrected chi connectivity index (χ1v) is 13.9. The maximum atomic E-state index is 12.8. The molecule has 2 aliphatic heterocycles. The van der Waals surface area contributed by atoms with Crippen LogP contribution in [0.25, 0.3) is 11.4 Å². The topological polar surface area (TPSA) is 88.5 Å². The Labute approximate surface area is 229 Å². The van der Waals surface area contributed by atoms with E-state index in [2.05, 4.69) is 22.8 Å². The molecule has 0 saturated carbocycles. The van der Waals surface area contributed by atoms with Gasteiger partial charge in [0.2, 0.25) is 0 Å². The number of pyridine rings is 1. The monoisotopic (exact) mass is 529 g/mol. The number of thiazole rings is 1. The second-order valence-corrected chi connectivity index (χ2v) is 10.6. The van der Waals surface area contributed by atoms with E-state index in [9.17, 15) is 4.79 Å². The van der Waals surface area contributed by atoms with Gasteiger partial charge in [0.1, 0.15) is 5.69 Å². The van der Waals surface area contributed by atoms with E-state index < -0.39 is 0 Å². The average Bonchev–Trinajstić information content (AvgIpc) is 3.07. The molecule has 7 nitrogen and oxygen atoms in total. The molecular weight excluding hydrogens is 494 g/mol. The minimum atomic E-state index is -0.0278. The summed E-state index contributed by atoms with van der Waals surface area (Å²) >= 11 is 1.66. The van der Waals surface area contributed by atoms with Crippen LogP contribution in [0.3, 0.4) is 0 Å². The molecule has 0 atom stereocenters. The highest BCUT2D eigenvalue weighted by Crippen LogP contribution is 2.32. The average molecular weight is 530 g/mol. The molecule has 8 heteroatoms. The van der Waals surface area contributed by atoms with Crippen molar-refractivity contribution in [3.05, 3.63) is 88.1 Å². The summed E-state index contributed by atoms with van der Waals surface area (Å²) in [6.45, 7) is 3.41. The van der Waals surface area contributed by atoms with Crippen LogP contribution in [0.4, 0.5) is 5.13 Å². The molecule has 1 aliphatic carbocycles. The number of hydrogen-bond donors (Lipinski definition) is 2. The molecule has 2 aromatic rings. The van der Waals surface area contributed by atoms with Gasteiger partial charge in [-0.15, -0.1) is 11.3 Å². The van der Waals surface area contributed by atoms with Crippen LogP contribution in [0.2, 0.25) is 0 Å². The Morgan fingerprint density at radius 1 is 1.16 bits per heavy atom. The molecule has 3 aliphatic rings. The van der Waals surface area contributed by atoms with Crippen molar-refractivity contribution >= 4 is 28.1 Å². The van der Waals surface area contributed by atoms with Crippen LogP contribution in [-0.4, -0.2) is 47.9 Å². The maximum Gasteiger partial charge on any atom is 0.251 e. The maximum absolute atomic E-state index is 12.8. The molecule has 1 amide bonds. The number of aliphatic imine (C=N–C) groups is 1. The van der Waals surface area contributed by atoms with Crippen LogP contribution in [0.15, 0.2) is 82.6 Å². The number of nitrogens with zero attached hydrogens (tertiary/aromatic N) is 3. The second kappa shape index (κ2) is 12.3. The first-order valence-electron chi connectivity index (χ1n) is 13.1. The standard InChI is InChI=1S/C30H33N5O2S.H2/c1-20-5-3-8-26(33-20)28-27(38-30(31-2)35-28)19-21-9-12-25(32-16-13-21)22-6-4-7-23(11-10-22)29(36)34-24-14-17-37-18-15-24;/h3-5,7-11,13,16,24H,6,12,14-15,17-19H2,1-2H3,(H,31,35)(H,34,36);1H. The van der Waals surface area contributed by atoms with Gasteiger partial charge in [0, 0.05) is 68.6 Å². The summed E-state index contributed by atoms with van der Waals surface area (Å²) in [4.78, 5) is 28.2. The zero-order valence-corrected chi connectivity index (χ0v) is 22.7. The molecule has 0 bridgehead atoms. The highest BCUT2D eigenvalue weighted by Gasteiger charge is 2.19. The number of rotatable bonds is 7. The van der Waals surface area contributed by atoms with Crippen molar-refractivity contribution in [2.24, 2.45) is 4.99 Å². The lowest BCUT2D eigenvalue weighted by molar-refractivity contribution is -0.118. The molecule has 0 spiro atoms. The molecule has 0 unspecified atom stereocenters. The third kappa shape index (κ3) is 6.44. The van der Waals surface area contributed by atoms with Crippen LogP contribution in [0, 0.1) is 6.92 Å². The van der Waals surface area contributed by atoms with E-state index in [0.29, 0.717) is 18.8 Å². The number of carbonyl (C=O) groups is 1. The first kappa shape index (κ1) is 26.0. The van der Waals surface area contributed by atoms with Crippen LogP contribution < -0.4 is 10.6 Å². The van der Waals surface area contributed by atoms with E-state index in [0.717, 1.165) is 65.6 Å². The van der Waals surface area contributed by atoms with Gasteiger partial charge >= 0.3 is 0 Å². The van der Waals surface area contributed by atoms with Crippen molar-refractivity contribution in [2.45, 2.75) is 45.1 Å². The van der Waals surface area contributed by atoms with Gasteiger partial charge in [-0.25, -0.2) is 4.98 Å². The van der Waals surface area contributed by atoms with Gasteiger partial charge in [-0.05, 0) is 61.6 Å². The van der Waals surface area contributed by atoms with Crippen molar-refractivity contribution < 1.29 is 11.0 Å². The molecule has 38 heavy (non-hydrogen) atoms. The number of anilines is 1. The zero-order valence-electron chi connectivity index (χ0n) is 21.9. The number of allylic oxidation sites excluding steroid dienone is 7. The molecule has 1 saturated heterocycles. The van der Waals surface area contributed by atoms with Crippen molar-refractivity contribution in [1.82, 2.24) is 15.3 Å². The highest BCUT2D eigenvalue weighted by molar-refractivity contribution is 7.16. The number of amides is 1. The van der Waals surface area contributed by atoms with E-state index in [1.165, 1.54) is 10.5 Å². The van der Waals surface area contributed by atoms with Crippen molar-refractivity contribution in [2.75, 3.05) is 25.6 Å². The van der Waals surface area contributed by atoms with E-state index >= 15 is 0 Å². The molecule has 5 rings (SSSR count). The first-order chi connectivity index (χ1) is 18.6. The molecule has 2 N–H and O–H groups in total. The van der Waals surface area contributed by atoms with Crippen LogP contribution in [0.1, 0.15) is 37.7 Å². The lowest BCUT2D eigenvalue weighted by atomic mass is 10.0. The smallest absolute Gasteiger partial charge is 0.251 e. The predicted molar refractivity (Wildman–Crippen MR) is 157 cm³/mol. The fourth-order valence-electron chi connectivity index (χ4n) is 4.66. The molecule has 198 valence electrons. The lowest BCUT2D eigenvalue weighted by Gasteiger charge is -2.23. The van der Waals surface area contributed by atoms with E-state index in [-0.39, 0.29) is 13.4 Å². The number of aryl methyl sites for hydroxylation is 1. The molecule has 0 radical (unpaired) electrons. The summed E-state index contributed by atoms with van der Waals surface area (Å²) in [5.41, 5.74) is 6.81. The fourth-order valence-corrected chi connectivity index (χ4v) is 5.62. The Kier molecular flexibility index (Phi) is 8.41. The third-order valence-corrected chi connectivity index (χ3v) is 7.84. The van der Waals surface area contributed by atoms with Gasteiger partial charge in [-0.1, -0.05) is 30.4 Å². The van der Waals surface area contributed by atoms with E-state index in [4.69, 9.17) is 19.7 Å². The quantitative estimate of drug-likeness (QED) is 0.478. The number of carbonyl (C=O) groups excluding carboxylic acids is 1. The SMILES string of the molecule is CNc1nc(-c2cccc(C)n2)c(CC2=CCC(C3=CC=C(C(=O)NC4CCOCC4)C=CC3)=NC=C2)s1.[HH]. The lowest BCUT2D eigenvalue weighted by Crippen LogP contribution is -2.39. The number of hydrogen-bond acceptors (Lipinski definition) is 7. The number of ether oxygens (including phenoxy) is 1. The third-order valence-electron chi connectivity index (χ3n) is 6.77. The summed E-state index contributed by atoms with van der Waals surface area (Å²) < 4.78 is 5.39. The van der Waals surface area contributed by atoms with E-state index in [1.807, 2.05) is 62.7 Å². The summed E-state index contributed by atoms with van der Waals surface area (Å²) in [5.74, 6) is -0.0278. The molecule has 2 aromatic heterocycles. The summed E-state index contributed by atoms with van der Waals surface area (Å²) in [7, 11) is 1.89. The molecule has 4 heterocycles. The molecule has 0 aromatic carbocycles. The minimum absolute atomic E-state index is 0. The molecular formula is C30H35N5O2S. The Balaban J connectivity index is 0.00000353. The summed E-state index contributed by atoms with van der Waals surface area (Å²) in [6, 6.07) is 6.22. The van der Waals surface area contributed by atoms with Crippen molar-refractivity contribution in [1.29, 1.82) is 0 Å². The predicted octanol–water partition coefficient (Wildman–Crippen LogP) is 5.74. The Morgan fingerprint density at radius 2 is 2.03 bits per heavy atom. The van der Waals surface area contributed by atoms with Gasteiger partial charge in [0.15, 0.2) is 5.13 Å².